The average Bonchev–Trinajstić information content (AvgIpc) is 3.66. The van der Waals surface area contributed by atoms with Gasteiger partial charge in [-0.05, 0) is 92.4 Å². The van der Waals surface area contributed by atoms with Gasteiger partial charge in [-0.1, -0.05) is 78.9 Å². The first-order chi connectivity index (χ1) is 27.7. The SMILES string of the molecule is Cc1nc2n(C)c3ccccc3n2c(=O)c1CCN1CC[C@H](C2c3ccccc3CCn3c2nc2ccccc23)C[C@H]1Cc1ccccc1.O=C(O)/C=C/C(=O)O. The molecule has 0 saturated carbocycles. The molecule has 2 aliphatic heterocycles. The number of aliphatic carboxylic acids is 2. The van der Waals surface area contributed by atoms with Gasteiger partial charge in [0.05, 0.1) is 27.8 Å². The second-order valence-electron chi connectivity index (χ2n) is 15.1. The Hall–Kier alpha value is -6.33. The van der Waals surface area contributed by atoms with Crippen LogP contribution in [0.15, 0.2) is 120 Å². The van der Waals surface area contributed by atoms with Crippen molar-refractivity contribution in [2.75, 3.05) is 13.1 Å². The van der Waals surface area contributed by atoms with Gasteiger partial charge in [0.1, 0.15) is 5.82 Å². The molecule has 11 nitrogen and oxygen atoms in total. The maximum absolute atomic E-state index is 14.1. The minimum atomic E-state index is -1.26. The highest BCUT2D eigenvalue weighted by Gasteiger charge is 2.38. The van der Waals surface area contributed by atoms with Crippen molar-refractivity contribution in [3.63, 3.8) is 0 Å². The second-order valence-corrected chi connectivity index (χ2v) is 15.1. The summed E-state index contributed by atoms with van der Waals surface area (Å²) in [6.07, 6.45) is 5.98. The summed E-state index contributed by atoms with van der Waals surface area (Å²) in [4.78, 5) is 46.2. The molecule has 290 valence electrons. The van der Waals surface area contributed by atoms with Crippen LogP contribution >= 0.6 is 0 Å². The summed E-state index contributed by atoms with van der Waals surface area (Å²) in [7, 11) is 1.99. The highest BCUT2D eigenvalue weighted by molar-refractivity contribution is 5.89. The lowest BCUT2D eigenvalue weighted by Crippen LogP contribution is -2.46. The van der Waals surface area contributed by atoms with Gasteiger partial charge in [0.2, 0.25) is 5.78 Å². The van der Waals surface area contributed by atoms with Gasteiger partial charge in [0, 0.05) is 49.8 Å². The van der Waals surface area contributed by atoms with Gasteiger partial charge in [-0.3, -0.25) is 9.69 Å². The van der Waals surface area contributed by atoms with E-state index in [-0.39, 0.29) is 11.5 Å². The van der Waals surface area contributed by atoms with E-state index in [1.165, 1.54) is 28.0 Å². The molecule has 0 amide bonds. The minimum absolute atomic E-state index is 0.0581. The van der Waals surface area contributed by atoms with Gasteiger partial charge in [0.15, 0.2) is 0 Å². The van der Waals surface area contributed by atoms with Crippen LogP contribution in [0.4, 0.5) is 0 Å². The molecule has 11 heteroatoms. The summed E-state index contributed by atoms with van der Waals surface area (Å²) < 4.78 is 6.33. The van der Waals surface area contributed by atoms with Crippen molar-refractivity contribution in [3.05, 3.63) is 159 Å². The van der Waals surface area contributed by atoms with E-state index in [1.54, 1.807) is 4.40 Å². The summed E-state index contributed by atoms with van der Waals surface area (Å²) in [6.45, 7) is 4.78. The number of fused-ring (bicyclic) bond motifs is 7. The zero-order chi connectivity index (χ0) is 39.6. The zero-order valence-electron chi connectivity index (χ0n) is 32.2. The van der Waals surface area contributed by atoms with Gasteiger partial charge >= 0.3 is 11.9 Å². The third-order valence-corrected chi connectivity index (χ3v) is 11.8. The van der Waals surface area contributed by atoms with Crippen LogP contribution in [0.25, 0.3) is 27.8 Å². The number of carboxylic acid groups (broad SMARTS) is 2. The molecule has 3 aromatic heterocycles. The fraction of sp³-hybridized carbons (Fsp3) is 0.283. The molecule has 4 aromatic carbocycles. The van der Waals surface area contributed by atoms with Gasteiger partial charge in [-0.2, -0.15) is 0 Å². The van der Waals surface area contributed by atoms with Crippen molar-refractivity contribution < 1.29 is 19.8 Å². The van der Waals surface area contributed by atoms with Crippen LogP contribution in [0.1, 0.15) is 52.5 Å². The molecule has 0 aliphatic carbocycles. The van der Waals surface area contributed by atoms with Crippen LogP contribution in [-0.2, 0) is 42.4 Å². The van der Waals surface area contributed by atoms with Crippen LogP contribution in [0.5, 0.6) is 0 Å². The number of imidazole rings is 2. The first-order valence-corrected chi connectivity index (χ1v) is 19.6. The Morgan fingerprint density at radius 2 is 1.47 bits per heavy atom. The minimum Gasteiger partial charge on any atom is -0.478 e. The summed E-state index contributed by atoms with van der Waals surface area (Å²) >= 11 is 0. The van der Waals surface area contributed by atoms with Crippen molar-refractivity contribution in [3.8, 4) is 0 Å². The van der Waals surface area contributed by atoms with Crippen molar-refractivity contribution in [1.82, 2.24) is 28.4 Å². The van der Waals surface area contributed by atoms with Crippen LogP contribution in [-0.4, -0.2) is 69.7 Å². The third kappa shape index (κ3) is 7.50. The highest BCUT2D eigenvalue weighted by Crippen LogP contribution is 2.43. The third-order valence-electron chi connectivity index (χ3n) is 11.8. The van der Waals surface area contributed by atoms with Crippen LogP contribution in [0, 0.1) is 12.8 Å². The van der Waals surface area contributed by atoms with E-state index in [1.807, 2.05) is 36.7 Å². The number of para-hydroxylation sites is 4. The van der Waals surface area contributed by atoms with E-state index >= 15 is 0 Å². The number of carboxylic acids is 2. The largest absolute Gasteiger partial charge is 0.478 e. The Morgan fingerprint density at radius 3 is 2.23 bits per heavy atom. The van der Waals surface area contributed by atoms with Crippen molar-refractivity contribution in [2.45, 2.75) is 57.5 Å². The maximum atomic E-state index is 14.1. The first-order valence-electron chi connectivity index (χ1n) is 19.6. The number of nitrogens with zero attached hydrogens (tertiary/aromatic N) is 6. The molecular weight excluding hydrogens is 717 g/mol. The van der Waals surface area contributed by atoms with E-state index in [4.69, 9.17) is 20.2 Å². The number of rotatable bonds is 8. The Morgan fingerprint density at radius 1 is 0.807 bits per heavy atom. The second kappa shape index (κ2) is 16.0. The van der Waals surface area contributed by atoms with E-state index < -0.39 is 11.9 Å². The van der Waals surface area contributed by atoms with Gasteiger partial charge in [0.25, 0.3) is 5.56 Å². The van der Waals surface area contributed by atoms with E-state index in [0.717, 1.165) is 73.1 Å². The number of piperidine rings is 1. The highest BCUT2D eigenvalue weighted by atomic mass is 16.4. The molecule has 0 bridgehead atoms. The molecular formula is C46H46N6O5. The molecule has 57 heavy (non-hydrogen) atoms. The average molecular weight is 763 g/mol. The number of hydrogen-bond acceptors (Lipinski definition) is 6. The molecule has 3 atom stereocenters. The molecule has 2 aliphatic rings. The molecule has 7 aromatic rings. The number of hydrogen-bond donors (Lipinski definition) is 2. The molecule has 9 rings (SSSR count). The first kappa shape index (κ1) is 37.6. The fourth-order valence-corrected chi connectivity index (χ4v) is 9.11. The van der Waals surface area contributed by atoms with Gasteiger partial charge < -0.3 is 19.3 Å². The topological polar surface area (TPSA) is 135 Å². The number of aromatic nitrogens is 5. The van der Waals surface area contributed by atoms with Crippen LogP contribution < -0.4 is 5.56 Å². The van der Waals surface area contributed by atoms with Gasteiger partial charge in [-0.25, -0.2) is 24.0 Å². The molecule has 1 saturated heterocycles. The molecule has 0 radical (unpaired) electrons. The number of aryl methyl sites for hydroxylation is 4. The van der Waals surface area contributed by atoms with E-state index in [2.05, 4.69) is 94.4 Å². The normalized spacial score (nSPS) is 18.2. The summed E-state index contributed by atoms with van der Waals surface area (Å²) in [5.41, 5.74) is 10.2. The predicted molar refractivity (Wildman–Crippen MR) is 221 cm³/mol. The van der Waals surface area contributed by atoms with Crippen molar-refractivity contribution in [2.24, 2.45) is 13.0 Å². The Labute approximate surface area is 330 Å². The number of likely N-dealkylation sites (tertiary alicyclic amines) is 1. The lowest BCUT2D eigenvalue weighted by atomic mass is 9.75. The summed E-state index contributed by atoms with van der Waals surface area (Å²) in [6, 6.07) is 37.1. The Kier molecular flexibility index (Phi) is 10.6. The lowest BCUT2D eigenvalue weighted by Gasteiger charge is -2.42. The molecule has 5 heterocycles. The van der Waals surface area contributed by atoms with Crippen LogP contribution in [0.2, 0.25) is 0 Å². The summed E-state index contributed by atoms with van der Waals surface area (Å²) in [5, 5.41) is 15.6. The van der Waals surface area contributed by atoms with Gasteiger partial charge in [-0.15, -0.1) is 0 Å². The van der Waals surface area contributed by atoms with E-state index in [9.17, 15) is 14.4 Å². The zero-order valence-corrected chi connectivity index (χ0v) is 32.2. The van der Waals surface area contributed by atoms with Crippen molar-refractivity contribution >= 4 is 39.8 Å². The fourth-order valence-electron chi connectivity index (χ4n) is 9.11. The smallest absolute Gasteiger partial charge is 0.328 e. The molecule has 2 N–H and O–H groups in total. The molecule has 1 fully saturated rings. The molecule has 1 unspecified atom stereocenters. The Balaban J connectivity index is 0.000000517. The maximum Gasteiger partial charge on any atom is 0.328 e. The number of carbonyl (C=O) groups is 2. The molecule has 0 spiro atoms. The number of benzene rings is 4. The quantitative estimate of drug-likeness (QED) is 0.161. The lowest BCUT2D eigenvalue weighted by molar-refractivity contribution is -0.134. The Bertz CT molecular complexity index is 2680. The predicted octanol–water partition coefficient (Wildman–Crippen LogP) is 6.81. The van der Waals surface area contributed by atoms with E-state index in [0.29, 0.717) is 36.3 Å². The monoisotopic (exact) mass is 762 g/mol. The summed E-state index contributed by atoms with van der Waals surface area (Å²) in [5.74, 6) is 0.114. The van der Waals surface area contributed by atoms with Crippen LogP contribution in [0.3, 0.4) is 0 Å². The van der Waals surface area contributed by atoms with Crippen molar-refractivity contribution in [1.29, 1.82) is 0 Å². The standard InChI is InChI=1S/C42H42N6O.C4H4O4/c1-28-33(41(49)48-38-19-11-10-18-37(38)45(2)42(48)43-28)22-24-46-23-20-31(27-32(46)26-29-12-4-3-5-13-29)39-34-15-7-6-14-30(34)21-25-47-36-17-9-8-16-35(36)44-40(39)47;5-3(6)1-2-4(7)8/h3-19,31-32,39H,20-27H2,1-2H3;1-2H,(H,5,6)(H,7,8)/b;2-1+/t31-,32+,39?;/m0./s1.